The van der Waals surface area contributed by atoms with E-state index in [2.05, 4.69) is 10.1 Å². The lowest BCUT2D eigenvalue weighted by Crippen LogP contribution is -2.51. The molecule has 12 heteroatoms. The van der Waals surface area contributed by atoms with Gasteiger partial charge in [0.05, 0.1) is 27.6 Å². The van der Waals surface area contributed by atoms with Gasteiger partial charge in [-0.1, -0.05) is 24.4 Å². The Labute approximate surface area is 249 Å². The summed E-state index contributed by atoms with van der Waals surface area (Å²) in [6.45, 7) is 3.95. The van der Waals surface area contributed by atoms with Gasteiger partial charge in [0.15, 0.2) is 5.69 Å². The molecule has 2 aliphatic rings. The fourth-order valence-electron chi connectivity index (χ4n) is 5.96. The maximum absolute atomic E-state index is 15.2. The van der Waals surface area contributed by atoms with Gasteiger partial charge in [0.2, 0.25) is 0 Å². The van der Waals surface area contributed by atoms with Crippen LogP contribution in [0, 0.1) is 18.6 Å². The van der Waals surface area contributed by atoms with E-state index >= 15 is 4.39 Å². The number of pyridine rings is 1. The molecule has 0 saturated carbocycles. The van der Waals surface area contributed by atoms with Gasteiger partial charge in [-0.15, -0.1) is 0 Å². The molecule has 0 N–H and O–H groups in total. The van der Waals surface area contributed by atoms with Crippen LogP contribution in [0.4, 0.5) is 27.6 Å². The van der Waals surface area contributed by atoms with Gasteiger partial charge in [-0.25, -0.2) is 13.5 Å². The van der Waals surface area contributed by atoms with Crippen LogP contribution in [0.1, 0.15) is 46.9 Å². The van der Waals surface area contributed by atoms with E-state index in [1.807, 2.05) is 17.9 Å². The first-order valence-electron chi connectivity index (χ1n) is 13.7. The summed E-state index contributed by atoms with van der Waals surface area (Å²) in [7, 11) is 0. The maximum Gasteiger partial charge on any atom is 0.419 e. The molecular formula is C31H26F5N5OS. The van der Waals surface area contributed by atoms with E-state index in [9.17, 15) is 22.4 Å². The highest BCUT2D eigenvalue weighted by molar-refractivity contribution is 7.80. The standard InChI is InChI=1S/C31H26F5N5OS/c1-17-5-6-19-13-27(43)40(29(19)28(17)33)21-9-11-39(18(2)12-21)30(42)25-15-26(20-4-3-10-37-16-20)41(38-25)22-7-8-24(32)23(14-22)31(34,35)36/h3-8,10,14-16,18,21H,9,11-13H2,1-2H3. The number of aromatic nitrogens is 3. The molecule has 2 atom stereocenters. The van der Waals surface area contributed by atoms with E-state index in [1.54, 1.807) is 36.2 Å². The number of thiocarbonyl (C=S) groups is 1. The number of amides is 1. The minimum Gasteiger partial charge on any atom is -0.334 e. The zero-order valence-corrected chi connectivity index (χ0v) is 24.0. The Kier molecular flexibility index (Phi) is 7.27. The third-order valence-electron chi connectivity index (χ3n) is 8.10. The highest BCUT2D eigenvalue weighted by atomic mass is 32.1. The van der Waals surface area contributed by atoms with Crippen LogP contribution >= 0.6 is 12.2 Å². The van der Waals surface area contributed by atoms with Crippen molar-refractivity contribution in [1.82, 2.24) is 19.7 Å². The van der Waals surface area contributed by atoms with Crippen molar-refractivity contribution in [2.75, 3.05) is 11.4 Å². The number of rotatable bonds is 4. The highest BCUT2D eigenvalue weighted by Crippen LogP contribution is 2.39. The number of nitrogens with zero attached hydrogens (tertiary/aromatic N) is 5. The van der Waals surface area contributed by atoms with E-state index in [1.165, 1.54) is 23.0 Å². The lowest BCUT2D eigenvalue weighted by atomic mass is 9.96. The van der Waals surface area contributed by atoms with Crippen molar-refractivity contribution in [2.45, 2.75) is 51.4 Å². The number of hydrogen-bond acceptors (Lipinski definition) is 4. The molecule has 2 unspecified atom stereocenters. The fourth-order valence-corrected chi connectivity index (χ4v) is 6.36. The van der Waals surface area contributed by atoms with Crippen molar-refractivity contribution in [3.8, 4) is 16.9 Å². The highest BCUT2D eigenvalue weighted by Gasteiger charge is 2.39. The molecule has 0 radical (unpaired) electrons. The Hall–Kier alpha value is -4.19. The number of piperidine rings is 1. The molecule has 1 saturated heterocycles. The number of carbonyl (C=O) groups excluding carboxylic acids is 1. The van der Waals surface area contributed by atoms with Gasteiger partial charge < -0.3 is 9.80 Å². The van der Waals surface area contributed by atoms with Crippen molar-refractivity contribution in [2.24, 2.45) is 0 Å². The second-order valence-electron chi connectivity index (χ2n) is 10.9. The molecule has 2 aromatic carbocycles. The topological polar surface area (TPSA) is 54.3 Å². The van der Waals surface area contributed by atoms with Crippen molar-refractivity contribution in [1.29, 1.82) is 0 Å². The van der Waals surface area contributed by atoms with Gasteiger partial charge in [-0.2, -0.15) is 18.3 Å². The Balaban J connectivity index is 1.30. The van der Waals surface area contributed by atoms with Gasteiger partial charge in [0, 0.05) is 43.0 Å². The van der Waals surface area contributed by atoms with E-state index in [-0.39, 0.29) is 29.3 Å². The number of halogens is 5. The lowest BCUT2D eigenvalue weighted by Gasteiger charge is -2.41. The number of carbonyl (C=O) groups is 1. The minimum absolute atomic E-state index is 0.0192. The average molecular weight is 612 g/mol. The summed E-state index contributed by atoms with van der Waals surface area (Å²) < 4.78 is 71.0. The molecule has 2 aromatic heterocycles. The summed E-state index contributed by atoms with van der Waals surface area (Å²) in [5.74, 6) is -2.10. The van der Waals surface area contributed by atoms with Gasteiger partial charge in [-0.3, -0.25) is 9.78 Å². The van der Waals surface area contributed by atoms with Crippen molar-refractivity contribution in [3.63, 3.8) is 0 Å². The predicted molar refractivity (Wildman–Crippen MR) is 155 cm³/mol. The largest absolute Gasteiger partial charge is 0.419 e. The van der Waals surface area contributed by atoms with Crippen LogP contribution in [-0.4, -0.2) is 49.2 Å². The SMILES string of the molecule is Cc1ccc2c(c1F)N(C1CCN(C(=O)c3cc(-c4cccnc4)n(-c4ccc(F)c(C(F)(F)F)c4)n3)C(C)C1)C(=S)C2. The fraction of sp³-hybridized carbons (Fsp3) is 0.290. The van der Waals surface area contributed by atoms with Gasteiger partial charge in [0.1, 0.15) is 11.6 Å². The monoisotopic (exact) mass is 611 g/mol. The van der Waals surface area contributed by atoms with Gasteiger partial charge >= 0.3 is 6.18 Å². The number of fused-ring (bicyclic) bond motifs is 1. The summed E-state index contributed by atoms with van der Waals surface area (Å²) in [4.78, 5) is 22.1. The first kappa shape index (κ1) is 28.9. The lowest BCUT2D eigenvalue weighted by molar-refractivity contribution is -0.140. The number of hydrogen-bond donors (Lipinski definition) is 0. The number of aryl methyl sites for hydroxylation is 1. The summed E-state index contributed by atoms with van der Waals surface area (Å²) in [6, 6.07) is 10.7. The van der Waals surface area contributed by atoms with E-state index in [0.717, 1.165) is 11.6 Å². The van der Waals surface area contributed by atoms with Crippen LogP contribution in [-0.2, 0) is 12.6 Å². The molecule has 0 bridgehead atoms. The first-order chi connectivity index (χ1) is 20.4. The molecule has 4 aromatic rings. The van der Waals surface area contributed by atoms with Crippen LogP contribution in [0.25, 0.3) is 16.9 Å². The van der Waals surface area contributed by atoms with Crippen molar-refractivity contribution >= 4 is 28.8 Å². The molecule has 2 aliphatic heterocycles. The summed E-state index contributed by atoms with van der Waals surface area (Å²) in [5.41, 5.74) is 1.26. The number of benzene rings is 2. The second-order valence-corrected chi connectivity index (χ2v) is 11.4. The number of anilines is 1. The molecule has 1 fully saturated rings. The molecular weight excluding hydrogens is 585 g/mol. The van der Waals surface area contributed by atoms with E-state index in [4.69, 9.17) is 12.2 Å². The second kappa shape index (κ2) is 10.8. The van der Waals surface area contributed by atoms with E-state index < -0.39 is 23.5 Å². The Morgan fingerprint density at radius 3 is 2.58 bits per heavy atom. The van der Waals surface area contributed by atoms with Crippen LogP contribution in [0.5, 0.6) is 0 Å². The number of alkyl halides is 3. The zero-order chi connectivity index (χ0) is 30.6. The van der Waals surface area contributed by atoms with Crippen LogP contribution in [0.3, 0.4) is 0 Å². The van der Waals surface area contributed by atoms with Crippen molar-refractivity contribution in [3.05, 3.63) is 94.9 Å². The summed E-state index contributed by atoms with van der Waals surface area (Å²) >= 11 is 5.64. The van der Waals surface area contributed by atoms with Crippen LogP contribution in [0.15, 0.2) is 60.9 Å². The van der Waals surface area contributed by atoms with Gasteiger partial charge in [0.25, 0.3) is 5.91 Å². The minimum atomic E-state index is -4.92. The van der Waals surface area contributed by atoms with Gasteiger partial charge in [-0.05, 0) is 74.2 Å². The maximum atomic E-state index is 15.2. The van der Waals surface area contributed by atoms with Crippen molar-refractivity contribution < 1.29 is 26.7 Å². The molecule has 43 heavy (non-hydrogen) atoms. The molecule has 222 valence electrons. The molecule has 0 spiro atoms. The predicted octanol–water partition coefficient (Wildman–Crippen LogP) is 6.92. The average Bonchev–Trinajstić information content (AvgIpc) is 3.56. The van der Waals surface area contributed by atoms with E-state index in [0.29, 0.717) is 59.4 Å². The quantitative estimate of drug-likeness (QED) is 0.185. The zero-order valence-electron chi connectivity index (χ0n) is 23.2. The van der Waals surface area contributed by atoms with Crippen LogP contribution in [0.2, 0.25) is 0 Å². The summed E-state index contributed by atoms with van der Waals surface area (Å²) in [6.07, 6.45) is -0.321. The molecule has 1 amide bonds. The number of likely N-dealkylation sites (tertiary alicyclic amines) is 1. The normalized spacial score (nSPS) is 18.7. The Bertz CT molecular complexity index is 1740. The third kappa shape index (κ3) is 5.17. The van der Waals surface area contributed by atoms with Crippen LogP contribution < -0.4 is 4.90 Å². The third-order valence-corrected chi connectivity index (χ3v) is 8.45. The smallest absolute Gasteiger partial charge is 0.334 e. The Morgan fingerprint density at radius 2 is 1.88 bits per heavy atom. The molecule has 4 heterocycles. The first-order valence-corrected chi connectivity index (χ1v) is 14.1. The Morgan fingerprint density at radius 1 is 1.09 bits per heavy atom. The molecule has 6 rings (SSSR count). The molecule has 6 nitrogen and oxygen atoms in total. The summed E-state index contributed by atoms with van der Waals surface area (Å²) in [5, 5.41) is 4.41. The molecule has 0 aliphatic carbocycles.